The molecule has 1 heteroatoms. The molecule has 0 amide bonds. The smallest absolute Gasteiger partial charge is 0.0783 e. The summed E-state index contributed by atoms with van der Waals surface area (Å²) in [5, 5.41) is 8.86. The Morgan fingerprint density at radius 1 is 0.583 bits per heavy atom. The molecule has 0 saturated carbocycles. The Morgan fingerprint density at radius 3 is 2.04 bits per heavy atom. The van der Waals surface area contributed by atoms with Crippen LogP contribution in [0.1, 0.15) is 36.1 Å². The fourth-order valence-corrected chi connectivity index (χ4v) is 8.35. The number of hydrogen-bond acceptors (Lipinski definition) is 1. The van der Waals surface area contributed by atoms with Gasteiger partial charge in [0, 0.05) is 22.4 Å². The van der Waals surface area contributed by atoms with Crippen LogP contribution in [0.2, 0.25) is 0 Å². The third-order valence-corrected chi connectivity index (χ3v) is 10.6. The quantitative estimate of drug-likeness (QED) is 0.142. The second kappa shape index (κ2) is 10.6. The van der Waals surface area contributed by atoms with Crippen LogP contribution in [0.4, 0.5) is 0 Å². The Morgan fingerprint density at radius 2 is 1.25 bits per heavy atom. The van der Waals surface area contributed by atoms with E-state index in [4.69, 9.17) is 4.98 Å². The van der Waals surface area contributed by atoms with Crippen LogP contribution in [0.5, 0.6) is 0 Å². The molecule has 0 bridgehead atoms. The molecular weight excluding hydrogens is 579 g/mol. The van der Waals surface area contributed by atoms with Gasteiger partial charge >= 0.3 is 0 Å². The lowest BCUT2D eigenvalue weighted by Gasteiger charge is -2.24. The first-order valence-corrected chi connectivity index (χ1v) is 16.8. The molecule has 0 fully saturated rings. The molecule has 0 spiro atoms. The standard InChI is InChI=1S/C47H35N/c1-5-6-15-34-29(2)35-23-21-32(27-42(35)37-17-8-7-16-36(34)37)30-13-11-14-31(26-30)33-22-24-40-43(28-33)47(3,4)45-41-20-12-25-48-46(41)39-19-10-9-18-38(39)44(40)45/h5-28H,1H2,2-4H3/b15-6-. The number of pyridine rings is 1. The number of rotatable bonds is 4. The highest BCUT2D eigenvalue weighted by molar-refractivity contribution is 6.17. The lowest BCUT2D eigenvalue weighted by Crippen LogP contribution is -2.16. The van der Waals surface area contributed by atoms with Crippen LogP contribution < -0.4 is 0 Å². The molecule has 1 aliphatic rings. The van der Waals surface area contributed by atoms with Gasteiger partial charge in [0.25, 0.3) is 0 Å². The summed E-state index contributed by atoms with van der Waals surface area (Å²) in [4.78, 5) is 4.87. The highest BCUT2D eigenvalue weighted by atomic mass is 14.7. The zero-order valence-electron chi connectivity index (χ0n) is 27.5. The van der Waals surface area contributed by atoms with Crippen LogP contribution in [-0.2, 0) is 5.41 Å². The summed E-state index contributed by atoms with van der Waals surface area (Å²) in [6.07, 6.45) is 7.97. The number of fused-ring (bicyclic) bond motifs is 11. The van der Waals surface area contributed by atoms with Crippen LogP contribution in [0.3, 0.4) is 0 Å². The minimum Gasteiger partial charge on any atom is -0.256 e. The summed E-state index contributed by atoms with van der Waals surface area (Å²) in [6, 6.07) is 44.9. The molecule has 0 unspecified atom stereocenters. The maximum Gasteiger partial charge on any atom is 0.0783 e. The lowest BCUT2D eigenvalue weighted by atomic mass is 9.79. The summed E-state index contributed by atoms with van der Waals surface area (Å²) >= 11 is 0. The highest BCUT2D eigenvalue weighted by Gasteiger charge is 2.38. The molecule has 1 nitrogen and oxygen atoms in total. The van der Waals surface area contributed by atoms with Gasteiger partial charge in [-0.25, -0.2) is 0 Å². The van der Waals surface area contributed by atoms with Crippen molar-refractivity contribution in [1.82, 2.24) is 4.98 Å². The fraction of sp³-hybridized carbons (Fsp3) is 0.0851. The molecule has 0 radical (unpaired) electrons. The van der Waals surface area contributed by atoms with Gasteiger partial charge in [-0.2, -0.15) is 0 Å². The molecule has 1 aliphatic carbocycles. The molecule has 0 atom stereocenters. The van der Waals surface area contributed by atoms with Crippen molar-refractivity contribution in [2.75, 3.05) is 0 Å². The number of allylic oxidation sites excluding steroid dienone is 2. The molecular formula is C47H35N. The molecule has 0 aliphatic heterocycles. The van der Waals surface area contributed by atoms with Crippen molar-refractivity contribution in [2.24, 2.45) is 0 Å². The Bertz CT molecular complexity index is 2670. The number of nitrogens with zero attached hydrogens (tertiary/aromatic N) is 1. The number of aromatic nitrogens is 1. The summed E-state index contributed by atoms with van der Waals surface area (Å²) in [6.45, 7) is 10.9. The number of aryl methyl sites for hydroxylation is 1. The predicted molar refractivity (Wildman–Crippen MR) is 207 cm³/mol. The van der Waals surface area contributed by atoms with Gasteiger partial charge in [-0.05, 0) is 114 Å². The van der Waals surface area contributed by atoms with Gasteiger partial charge < -0.3 is 0 Å². The monoisotopic (exact) mass is 613 g/mol. The summed E-state index contributed by atoms with van der Waals surface area (Å²) in [5.74, 6) is 0. The van der Waals surface area contributed by atoms with E-state index >= 15 is 0 Å². The molecule has 228 valence electrons. The van der Waals surface area contributed by atoms with E-state index in [9.17, 15) is 0 Å². The minimum atomic E-state index is -0.166. The van der Waals surface area contributed by atoms with E-state index in [-0.39, 0.29) is 5.41 Å². The van der Waals surface area contributed by atoms with Gasteiger partial charge in [0.05, 0.1) is 5.52 Å². The van der Waals surface area contributed by atoms with E-state index in [0.29, 0.717) is 0 Å². The first-order valence-electron chi connectivity index (χ1n) is 16.8. The van der Waals surface area contributed by atoms with E-state index in [1.54, 1.807) is 0 Å². The average Bonchev–Trinajstić information content (AvgIpc) is 3.38. The molecule has 1 heterocycles. The third-order valence-electron chi connectivity index (χ3n) is 10.6. The van der Waals surface area contributed by atoms with Crippen molar-refractivity contribution in [3.05, 3.63) is 169 Å². The summed E-state index contributed by atoms with van der Waals surface area (Å²) in [7, 11) is 0. The van der Waals surface area contributed by atoms with Crippen molar-refractivity contribution in [1.29, 1.82) is 0 Å². The van der Waals surface area contributed by atoms with E-state index in [1.807, 2.05) is 18.3 Å². The van der Waals surface area contributed by atoms with Gasteiger partial charge in [0.1, 0.15) is 0 Å². The molecule has 1 aromatic heterocycles. The van der Waals surface area contributed by atoms with Gasteiger partial charge in [0.15, 0.2) is 0 Å². The van der Waals surface area contributed by atoms with Crippen molar-refractivity contribution >= 4 is 49.3 Å². The zero-order chi connectivity index (χ0) is 32.6. The van der Waals surface area contributed by atoms with Crippen LogP contribution in [0.25, 0.3) is 82.7 Å². The van der Waals surface area contributed by atoms with Crippen molar-refractivity contribution in [3.8, 4) is 33.4 Å². The average molecular weight is 614 g/mol. The van der Waals surface area contributed by atoms with Gasteiger partial charge in [-0.3, -0.25) is 4.98 Å². The Balaban J connectivity index is 1.18. The SMILES string of the molecule is C=C/C=C\c1c(C)c2ccc(-c3cccc(-c4ccc5c(c4)C(C)(C)c4c-5c5ccccc5c5ncccc45)c3)cc2c2ccccc12. The first-order chi connectivity index (χ1) is 23.5. The second-order valence-electron chi connectivity index (χ2n) is 13.6. The molecule has 48 heavy (non-hydrogen) atoms. The van der Waals surface area contributed by atoms with Crippen molar-refractivity contribution < 1.29 is 0 Å². The number of benzene rings is 7. The Labute approximate surface area is 281 Å². The van der Waals surface area contributed by atoms with Gasteiger partial charge in [0.2, 0.25) is 0 Å². The zero-order valence-corrected chi connectivity index (χ0v) is 27.5. The summed E-state index contributed by atoms with van der Waals surface area (Å²) in [5.41, 5.74) is 13.8. The van der Waals surface area contributed by atoms with Crippen molar-refractivity contribution in [3.63, 3.8) is 0 Å². The van der Waals surface area contributed by atoms with Gasteiger partial charge in [-0.1, -0.05) is 136 Å². The lowest BCUT2D eigenvalue weighted by molar-refractivity contribution is 0.666. The van der Waals surface area contributed by atoms with E-state index < -0.39 is 0 Å². The van der Waals surface area contributed by atoms with Crippen LogP contribution in [0, 0.1) is 6.92 Å². The Hall–Kier alpha value is -5.79. The van der Waals surface area contributed by atoms with Crippen LogP contribution in [-0.4, -0.2) is 4.98 Å². The maximum atomic E-state index is 4.87. The van der Waals surface area contributed by atoms with Crippen LogP contribution >= 0.6 is 0 Å². The largest absolute Gasteiger partial charge is 0.256 e. The van der Waals surface area contributed by atoms with E-state index in [1.165, 1.54) is 93.3 Å². The normalized spacial score (nSPS) is 13.5. The maximum absolute atomic E-state index is 4.87. The minimum absolute atomic E-state index is 0.166. The molecule has 0 saturated heterocycles. The predicted octanol–water partition coefficient (Wildman–Crippen LogP) is 12.8. The van der Waals surface area contributed by atoms with E-state index in [2.05, 4.69) is 155 Å². The molecule has 0 N–H and O–H groups in total. The van der Waals surface area contributed by atoms with Gasteiger partial charge in [-0.15, -0.1) is 0 Å². The summed E-state index contributed by atoms with van der Waals surface area (Å²) < 4.78 is 0. The highest BCUT2D eigenvalue weighted by Crippen LogP contribution is 2.55. The fourth-order valence-electron chi connectivity index (χ4n) is 8.35. The molecule has 7 aromatic carbocycles. The third kappa shape index (κ3) is 4.07. The first kappa shape index (κ1) is 28.4. The topological polar surface area (TPSA) is 12.9 Å². The van der Waals surface area contributed by atoms with Crippen LogP contribution in [0.15, 0.2) is 146 Å². The second-order valence-corrected chi connectivity index (χ2v) is 13.6. The molecule has 8 aromatic rings. The van der Waals surface area contributed by atoms with E-state index in [0.717, 1.165) is 5.52 Å². The molecule has 9 rings (SSSR count). The Kier molecular flexibility index (Phi) is 6.29. The number of hydrogen-bond donors (Lipinski definition) is 0. The van der Waals surface area contributed by atoms with Crippen molar-refractivity contribution in [2.45, 2.75) is 26.2 Å².